The molecule has 44 heavy (non-hydrogen) atoms. The van der Waals surface area contributed by atoms with Crippen molar-refractivity contribution < 1.29 is 35.5 Å². The van der Waals surface area contributed by atoms with E-state index in [1.165, 1.54) is 24.1 Å². The Labute approximate surface area is 256 Å². The van der Waals surface area contributed by atoms with Gasteiger partial charge >= 0.3 is 6.18 Å². The number of hydrogen-bond donors (Lipinski definition) is 0. The number of imidazole rings is 1. The van der Waals surface area contributed by atoms with Crippen LogP contribution in [0.4, 0.5) is 17.6 Å². The van der Waals surface area contributed by atoms with E-state index in [0.717, 1.165) is 12.1 Å². The lowest BCUT2D eigenvalue weighted by Gasteiger charge is -2.29. The highest BCUT2D eigenvalue weighted by Crippen LogP contribution is 2.47. The second-order valence-electron chi connectivity index (χ2n) is 10.8. The molecule has 0 spiro atoms. The van der Waals surface area contributed by atoms with Crippen molar-refractivity contribution in [2.75, 3.05) is 40.0 Å². The third-order valence-corrected chi connectivity index (χ3v) is 9.89. The van der Waals surface area contributed by atoms with Gasteiger partial charge in [0, 0.05) is 12.1 Å². The van der Waals surface area contributed by atoms with Crippen LogP contribution in [0.3, 0.4) is 0 Å². The Kier molecular flexibility index (Phi) is 8.42. The van der Waals surface area contributed by atoms with Gasteiger partial charge in [0.1, 0.15) is 11.5 Å². The Morgan fingerprint density at radius 3 is 2.50 bits per heavy atom. The molecule has 1 aliphatic heterocycles. The quantitative estimate of drug-likeness (QED) is 0.216. The van der Waals surface area contributed by atoms with Crippen molar-refractivity contribution in [1.82, 2.24) is 19.2 Å². The van der Waals surface area contributed by atoms with E-state index in [0.29, 0.717) is 35.6 Å². The number of ether oxygens (including phenoxy) is 1. The fourth-order valence-electron chi connectivity index (χ4n) is 5.53. The first kappa shape index (κ1) is 31.7. The highest BCUT2D eigenvalue weighted by Gasteiger charge is 2.45. The summed E-state index contributed by atoms with van der Waals surface area (Å²) >= 11 is 6.09. The van der Waals surface area contributed by atoms with Crippen molar-refractivity contribution in [3.63, 3.8) is 0 Å². The van der Waals surface area contributed by atoms with E-state index in [9.17, 15) is 30.8 Å². The van der Waals surface area contributed by atoms with Crippen molar-refractivity contribution >= 4 is 33.0 Å². The molecule has 0 bridgehead atoms. The van der Waals surface area contributed by atoms with Crippen molar-refractivity contribution in [2.24, 2.45) is 0 Å². The molecular formula is C30H29ClF4N4O4S. The van der Waals surface area contributed by atoms with Gasteiger partial charge in [-0.05, 0) is 81.5 Å². The molecule has 0 saturated heterocycles. The molecule has 1 atom stereocenters. The summed E-state index contributed by atoms with van der Waals surface area (Å²) in [5.74, 6) is -1.42. The Balaban J connectivity index is 1.71. The zero-order valence-electron chi connectivity index (χ0n) is 24.2. The minimum absolute atomic E-state index is 0.00160. The van der Waals surface area contributed by atoms with Crippen LogP contribution in [-0.4, -0.2) is 73.6 Å². The predicted molar refractivity (Wildman–Crippen MR) is 157 cm³/mol. The Morgan fingerprint density at radius 2 is 1.86 bits per heavy atom. The monoisotopic (exact) mass is 652 g/mol. The van der Waals surface area contributed by atoms with E-state index in [-0.39, 0.29) is 23.5 Å². The third kappa shape index (κ3) is 5.64. The van der Waals surface area contributed by atoms with Gasteiger partial charge in [0.05, 0.1) is 40.1 Å². The van der Waals surface area contributed by atoms with E-state index in [1.54, 1.807) is 35.6 Å². The van der Waals surface area contributed by atoms with E-state index >= 15 is 0 Å². The zero-order chi connectivity index (χ0) is 32.1. The number of methoxy groups -OCH3 is 1. The first-order valence-electron chi connectivity index (χ1n) is 13.6. The zero-order valence-corrected chi connectivity index (χ0v) is 25.8. The molecule has 0 radical (unpaired) electrons. The first-order chi connectivity index (χ1) is 20.7. The highest BCUT2D eigenvalue weighted by molar-refractivity contribution is 7.92. The number of amides is 1. The van der Waals surface area contributed by atoms with Gasteiger partial charge < -0.3 is 14.5 Å². The summed E-state index contributed by atoms with van der Waals surface area (Å²) in [4.78, 5) is 21.8. The molecule has 0 fully saturated rings. The molecule has 5 rings (SSSR count). The molecule has 2 aromatic carbocycles. The van der Waals surface area contributed by atoms with Crippen LogP contribution in [0.1, 0.15) is 39.6 Å². The van der Waals surface area contributed by atoms with Crippen LogP contribution in [0.15, 0.2) is 53.4 Å². The Hall–Kier alpha value is -3.68. The molecule has 14 heteroatoms. The van der Waals surface area contributed by atoms with Crippen LogP contribution in [0, 0.1) is 12.7 Å². The summed E-state index contributed by atoms with van der Waals surface area (Å²) in [6.45, 7) is 2.17. The van der Waals surface area contributed by atoms with Crippen LogP contribution in [-0.2, 0) is 16.0 Å². The Bertz CT molecular complexity index is 1880. The highest BCUT2D eigenvalue weighted by atomic mass is 35.5. The molecule has 1 aliphatic rings. The van der Waals surface area contributed by atoms with E-state index in [1.807, 2.05) is 19.0 Å². The summed E-state index contributed by atoms with van der Waals surface area (Å²) in [6.07, 6.45) is -4.46. The smallest absolute Gasteiger partial charge is 0.417 e. The number of benzene rings is 2. The third-order valence-electron chi connectivity index (χ3n) is 7.57. The van der Waals surface area contributed by atoms with Crippen LogP contribution in [0.2, 0.25) is 5.02 Å². The molecular weight excluding hydrogens is 624 g/mol. The predicted octanol–water partition coefficient (Wildman–Crippen LogP) is 6.05. The number of pyridine rings is 1. The van der Waals surface area contributed by atoms with Crippen LogP contribution < -0.4 is 4.74 Å². The Morgan fingerprint density at radius 1 is 1.14 bits per heavy atom. The fraction of sp³-hybridized carbons (Fsp3) is 0.333. The topological polar surface area (TPSA) is 84.2 Å². The largest absolute Gasteiger partial charge is 0.482 e. The number of hydrogen-bond acceptors (Lipinski definition) is 6. The molecule has 0 N–H and O–H groups in total. The van der Waals surface area contributed by atoms with Gasteiger partial charge in [0.2, 0.25) is 0 Å². The first-order valence-corrected chi connectivity index (χ1v) is 15.6. The molecule has 2 aromatic heterocycles. The number of fused-ring (bicyclic) bond motifs is 2. The maximum atomic E-state index is 14.6. The van der Waals surface area contributed by atoms with Gasteiger partial charge in [-0.25, -0.2) is 17.8 Å². The van der Waals surface area contributed by atoms with E-state index < -0.39 is 55.0 Å². The van der Waals surface area contributed by atoms with Crippen molar-refractivity contribution in [3.05, 3.63) is 81.8 Å². The molecule has 4 aromatic rings. The molecule has 8 nitrogen and oxygen atoms in total. The van der Waals surface area contributed by atoms with Crippen molar-refractivity contribution in [3.8, 4) is 17.1 Å². The number of aryl methyl sites for hydroxylation is 1. The summed E-state index contributed by atoms with van der Waals surface area (Å²) in [5.41, 5.74) is 0.0733. The van der Waals surface area contributed by atoms with Gasteiger partial charge in [0.25, 0.3) is 5.91 Å². The average molecular weight is 653 g/mol. The number of halogens is 5. The van der Waals surface area contributed by atoms with Crippen molar-refractivity contribution in [2.45, 2.75) is 30.5 Å². The van der Waals surface area contributed by atoms with Gasteiger partial charge in [-0.15, -0.1) is 0 Å². The number of nitrogens with zero attached hydrogens (tertiary/aromatic N) is 4. The number of alkyl halides is 3. The maximum Gasteiger partial charge on any atom is 0.417 e. The minimum Gasteiger partial charge on any atom is -0.482 e. The normalized spacial score (nSPS) is 16.0. The summed E-state index contributed by atoms with van der Waals surface area (Å²) in [5, 5.41) is -0.918. The second-order valence-corrected chi connectivity index (χ2v) is 13.2. The molecule has 234 valence electrons. The maximum absolute atomic E-state index is 14.6. The van der Waals surface area contributed by atoms with Crippen LogP contribution in [0.25, 0.3) is 16.9 Å². The second kappa shape index (κ2) is 11.7. The lowest BCUT2D eigenvalue weighted by atomic mass is 10.0. The molecule has 3 heterocycles. The van der Waals surface area contributed by atoms with Gasteiger partial charge in [0.15, 0.2) is 21.4 Å². The van der Waals surface area contributed by atoms with Crippen molar-refractivity contribution in [1.29, 1.82) is 0 Å². The molecule has 1 amide bonds. The van der Waals surface area contributed by atoms with E-state index in [2.05, 4.69) is 4.98 Å². The van der Waals surface area contributed by atoms with Gasteiger partial charge in [-0.3, -0.25) is 9.20 Å². The SMILES string of the molecule is COc1cccc2nc(C(=O)N(CCCN(C)C)C3CS(=O)(=O)c4c3ccc(C(F)(F)F)c4Cl)c(-c3ccc(F)c(C)c3)n12. The summed E-state index contributed by atoms with van der Waals surface area (Å²) in [7, 11) is 0.819. The fourth-order valence-corrected chi connectivity index (χ4v) is 8.05. The lowest BCUT2D eigenvalue weighted by molar-refractivity contribution is -0.137. The van der Waals surface area contributed by atoms with Gasteiger partial charge in [-0.1, -0.05) is 23.7 Å². The standard InChI is InChI=1S/C30H29ClF4N4O4S/c1-17-15-18(9-12-21(17)32)27-26(36-23-7-5-8-24(43-4)39(23)27)29(40)38(14-6-13-37(2)3)22-16-44(41,42)28-19(22)10-11-20(25(28)31)30(33,34)35/h5,7-12,15,22H,6,13-14,16H2,1-4H3. The minimum atomic E-state index is -4.88. The number of sulfone groups is 1. The summed E-state index contributed by atoms with van der Waals surface area (Å²) < 4.78 is 89.0. The molecule has 0 aliphatic carbocycles. The van der Waals surface area contributed by atoms with Crippen LogP contribution >= 0.6 is 11.6 Å². The molecule has 1 unspecified atom stereocenters. The number of aromatic nitrogens is 2. The summed E-state index contributed by atoms with van der Waals surface area (Å²) in [6, 6.07) is 10.0. The van der Waals surface area contributed by atoms with Crippen LogP contribution in [0.5, 0.6) is 5.88 Å². The number of rotatable bonds is 8. The van der Waals surface area contributed by atoms with Gasteiger partial charge in [-0.2, -0.15) is 13.2 Å². The lowest BCUT2D eigenvalue weighted by Crippen LogP contribution is -2.38. The molecule has 0 saturated carbocycles. The van der Waals surface area contributed by atoms with E-state index in [4.69, 9.17) is 16.3 Å². The number of carbonyl (C=O) groups excluding carboxylic acids is 1. The number of carbonyl (C=O) groups is 1. The average Bonchev–Trinajstić information content (AvgIpc) is 3.47.